The monoisotopic (exact) mass is 271 g/mol. The average molecular weight is 271 g/mol. The lowest BCUT2D eigenvalue weighted by atomic mass is 10.2. The molecule has 0 aliphatic carbocycles. The number of urea groups is 1. The predicted octanol–water partition coefficient (Wildman–Crippen LogP) is -0.424. The quantitative estimate of drug-likeness (QED) is 0.728. The van der Waals surface area contributed by atoms with E-state index in [0.717, 1.165) is 32.7 Å². The second kappa shape index (κ2) is 6.21. The molecule has 0 saturated carbocycles. The Morgan fingerprint density at radius 2 is 2.00 bits per heavy atom. The van der Waals surface area contributed by atoms with Crippen LogP contribution in [0.1, 0.15) is 13.3 Å². The van der Waals surface area contributed by atoms with Gasteiger partial charge < -0.3 is 20.1 Å². The van der Waals surface area contributed by atoms with E-state index >= 15 is 0 Å². The van der Waals surface area contributed by atoms with Gasteiger partial charge in [0.15, 0.2) is 0 Å². The number of carbonyl (C=O) groups excluding carboxylic acids is 1. The average Bonchev–Trinajstić information content (AvgIpc) is 2.89. The molecule has 19 heavy (non-hydrogen) atoms. The van der Waals surface area contributed by atoms with Gasteiger partial charge in [0.05, 0.1) is 13.2 Å². The van der Waals surface area contributed by atoms with Gasteiger partial charge in [0.25, 0.3) is 0 Å². The third kappa shape index (κ3) is 3.57. The molecule has 1 unspecified atom stereocenters. The zero-order valence-electron chi connectivity index (χ0n) is 11.2. The van der Waals surface area contributed by atoms with Crippen molar-refractivity contribution in [3.63, 3.8) is 0 Å². The van der Waals surface area contributed by atoms with Crippen molar-refractivity contribution >= 4 is 12.0 Å². The first kappa shape index (κ1) is 14.1. The number of carboxylic acids is 1. The summed E-state index contributed by atoms with van der Waals surface area (Å²) in [5.41, 5.74) is 0. The number of nitrogens with zero attached hydrogens (tertiary/aromatic N) is 2. The van der Waals surface area contributed by atoms with E-state index in [-0.39, 0.29) is 6.03 Å². The molecule has 0 aromatic rings. The van der Waals surface area contributed by atoms with Crippen molar-refractivity contribution in [2.45, 2.75) is 25.4 Å². The molecule has 0 radical (unpaired) electrons. The van der Waals surface area contributed by atoms with Crippen LogP contribution in [0.5, 0.6) is 0 Å². The molecule has 108 valence electrons. The third-order valence-electron chi connectivity index (χ3n) is 3.72. The van der Waals surface area contributed by atoms with Crippen LogP contribution in [0.2, 0.25) is 0 Å². The molecule has 0 aromatic heterocycles. The third-order valence-corrected chi connectivity index (χ3v) is 3.72. The van der Waals surface area contributed by atoms with Gasteiger partial charge in [-0.1, -0.05) is 0 Å². The molecule has 7 nitrogen and oxygen atoms in total. The first-order valence-corrected chi connectivity index (χ1v) is 6.68. The number of likely N-dealkylation sites (tertiary alicyclic amines) is 1. The van der Waals surface area contributed by atoms with Gasteiger partial charge in [-0.25, -0.2) is 4.79 Å². The summed E-state index contributed by atoms with van der Waals surface area (Å²) < 4.78 is 5.31. The summed E-state index contributed by atoms with van der Waals surface area (Å²) in [4.78, 5) is 26.6. The molecule has 2 aliphatic rings. The molecule has 2 amide bonds. The highest BCUT2D eigenvalue weighted by atomic mass is 16.5. The molecule has 0 spiro atoms. The Balaban J connectivity index is 1.80. The molecule has 2 aliphatic heterocycles. The summed E-state index contributed by atoms with van der Waals surface area (Å²) in [6.45, 7) is 6.13. The lowest BCUT2D eigenvalue weighted by Crippen LogP contribution is -2.48. The lowest BCUT2D eigenvalue weighted by molar-refractivity contribution is -0.138. The molecule has 0 aromatic carbocycles. The van der Waals surface area contributed by atoms with Crippen LogP contribution in [0.15, 0.2) is 0 Å². The molecular weight excluding hydrogens is 250 g/mol. The number of morpholine rings is 1. The number of hydrogen-bond acceptors (Lipinski definition) is 4. The maximum absolute atomic E-state index is 11.9. The van der Waals surface area contributed by atoms with Crippen LogP contribution in [0.3, 0.4) is 0 Å². The van der Waals surface area contributed by atoms with Gasteiger partial charge in [-0.05, 0) is 13.3 Å². The number of hydrogen-bond donors (Lipinski definition) is 2. The van der Waals surface area contributed by atoms with Gasteiger partial charge in [0, 0.05) is 32.2 Å². The second-order valence-corrected chi connectivity index (χ2v) is 5.05. The summed E-state index contributed by atoms with van der Waals surface area (Å²) >= 11 is 0. The highest BCUT2D eigenvalue weighted by Gasteiger charge is 2.31. The summed E-state index contributed by atoms with van der Waals surface area (Å²) in [7, 11) is 0. The number of amides is 2. The molecule has 2 rings (SSSR count). The Morgan fingerprint density at radius 3 is 2.63 bits per heavy atom. The van der Waals surface area contributed by atoms with E-state index in [4.69, 9.17) is 9.84 Å². The molecule has 0 bridgehead atoms. The van der Waals surface area contributed by atoms with Crippen molar-refractivity contribution in [1.29, 1.82) is 0 Å². The zero-order chi connectivity index (χ0) is 13.8. The second-order valence-electron chi connectivity index (χ2n) is 5.05. The van der Waals surface area contributed by atoms with Gasteiger partial charge in [0.1, 0.15) is 6.04 Å². The number of nitrogens with one attached hydrogen (secondary N) is 1. The number of carboxylic acid groups (broad SMARTS) is 1. The fraction of sp³-hybridized carbons (Fsp3) is 0.833. The van der Waals surface area contributed by atoms with Crippen molar-refractivity contribution in [3.05, 3.63) is 0 Å². The Kier molecular flexibility index (Phi) is 4.60. The Bertz CT molecular complexity index is 344. The summed E-state index contributed by atoms with van der Waals surface area (Å²) in [5, 5.41) is 11.3. The minimum atomic E-state index is -1.02. The van der Waals surface area contributed by atoms with Gasteiger partial charge in [-0.3, -0.25) is 9.69 Å². The van der Waals surface area contributed by atoms with Crippen molar-refractivity contribution in [1.82, 2.24) is 15.1 Å². The molecule has 7 heteroatoms. The summed E-state index contributed by atoms with van der Waals surface area (Å²) in [6, 6.07) is -0.768. The van der Waals surface area contributed by atoms with Crippen LogP contribution in [-0.2, 0) is 9.53 Å². The fourth-order valence-electron chi connectivity index (χ4n) is 2.51. The van der Waals surface area contributed by atoms with Crippen molar-refractivity contribution in [3.8, 4) is 0 Å². The number of carbonyl (C=O) groups is 2. The van der Waals surface area contributed by atoms with Crippen molar-refractivity contribution in [2.75, 3.05) is 39.4 Å². The van der Waals surface area contributed by atoms with Gasteiger partial charge in [-0.15, -0.1) is 0 Å². The van der Waals surface area contributed by atoms with Crippen LogP contribution in [-0.4, -0.2) is 78.4 Å². The number of aliphatic carboxylic acids is 1. The van der Waals surface area contributed by atoms with E-state index in [9.17, 15) is 9.59 Å². The van der Waals surface area contributed by atoms with Crippen LogP contribution < -0.4 is 5.32 Å². The maximum atomic E-state index is 11.9. The van der Waals surface area contributed by atoms with E-state index in [1.807, 2.05) is 0 Å². The molecular formula is C12H21N3O4. The van der Waals surface area contributed by atoms with E-state index in [0.29, 0.717) is 19.1 Å². The molecule has 2 saturated heterocycles. The Labute approximate surface area is 112 Å². The van der Waals surface area contributed by atoms with E-state index in [1.54, 1.807) is 4.90 Å². The summed E-state index contributed by atoms with van der Waals surface area (Å²) in [6.07, 6.45) is 0.939. The van der Waals surface area contributed by atoms with Gasteiger partial charge in [-0.2, -0.15) is 0 Å². The fourth-order valence-corrected chi connectivity index (χ4v) is 2.51. The summed E-state index contributed by atoms with van der Waals surface area (Å²) in [5.74, 6) is -1.02. The Hall–Kier alpha value is -1.34. The first-order chi connectivity index (χ1) is 9.08. The van der Waals surface area contributed by atoms with Gasteiger partial charge >= 0.3 is 12.0 Å². The zero-order valence-corrected chi connectivity index (χ0v) is 11.2. The topological polar surface area (TPSA) is 82.1 Å². The van der Waals surface area contributed by atoms with E-state index < -0.39 is 12.0 Å². The molecule has 2 fully saturated rings. The van der Waals surface area contributed by atoms with E-state index in [1.165, 1.54) is 6.92 Å². The highest BCUT2D eigenvalue weighted by Crippen LogP contribution is 2.16. The van der Waals surface area contributed by atoms with Crippen LogP contribution in [0.4, 0.5) is 4.79 Å². The molecule has 2 heterocycles. The minimum Gasteiger partial charge on any atom is -0.480 e. The minimum absolute atomic E-state index is 0.286. The Morgan fingerprint density at radius 1 is 1.32 bits per heavy atom. The van der Waals surface area contributed by atoms with Crippen LogP contribution in [0.25, 0.3) is 0 Å². The predicted molar refractivity (Wildman–Crippen MR) is 68.0 cm³/mol. The maximum Gasteiger partial charge on any atom is 0.325 e. The van der Waals surface area contributed by atoms with Gasteiger partial charge in [0.2, 0.25) is 0 Å². The smallest absolute Gasteiger partial charge is 0.325 e. The van der Waals surface area contributed by atoms with Crippen LogP contribution >= 0.6 is 0 Å². The SMILES string of the molecule is C[C@@H](NC(=O)N1CCC(N2CCOCC2)C1)C(=O)O. The number of rotatable bonds is 3. The van der Waals surface area contributed by atoms with Crippen molar-refractivity contribution < 1.29 is 19.4 Å². The standard InChI is InChI=1S/C12H21N3O4/c1-9(11(16)17)13-12(18)15-3-2-10(8-15)14-4-6-19-7-5-14/h9-10H,2-8H2,1H3,(H,13,18)(H,16,17)/t9-,10?/m1/s1. The normalized spacial score (nSPS) is 26.2. The van der Waals surface area contributed by atoms with Crippen LogP contribution in [0, 0.1) is 0 Å². The molecule has 2 atom stereocenters. The first-order valence-electron chi connectivity index (χ1n) is 6.68. The number of ether oxygens (including phenoxy) is 1. The highest BCUT2D eigenvalue weighted by molar-refractivity contribution is 5.82. The largest absolute Gasteiger partial charge is 0.480 e. The van der Waals surface area contributed by atoms with Crippen molar-refractivity contribution in [2.24, 2.45) is 0 Å². The lowest BCUT2D eigenvalue weighted by Gasteiger charge is -2.32. The molecule has 2 N–H and O–H groups in total. The van der Waals surface area contributed by atoms with E-state index in [2.05, 4.69) is 10.2 Å².